The second kappa shape index (κ2) is 10.7. The second-order valence-corrected chi connectivity index (χ2v) is 6.28. The molecule has 1 aromatic carbocycles. The highest BCUT2D eigenvalue weighted by Gasteiger charge is 2.14. The molecule has 0 amide bonds. The lowest BCUT2D eigenvalue weighted by Crippen LogP contribution is -2.36. The number of hydrogen-bond acceptors (Lipinski definition) is 4. The molecule has 4 nitrogen and oxygen atoms in total. The third-order valence-corrected chi connectivity index (χ3v) is 4.32. The lowest BCUT2D eigenvalue weighted by Gasteiger charge is -2.18. The van der Waals surface area contributed by atoms with E-state index in [1.807, 2.05) is 18.2 Å². The number of nitrogens with zero attached hydrogens (tertiary/aromatic N) is 1. The summed E-state index contributed by atoms with van der Waals surface area (Å²) in [4.78, 5) is 4.14. The van der Waals surface area contributed by atoms with Crippen LogP contribution < -0.4 is 11.5 Å². The topological polar surface area (TPSA) is 84.6 Å². The Labute approximate surface area is 132 Å². The highest BCUT2D eigenvalue weighted by Crippen LogP contribution is 2.15. The van der Waals surface area contributed by atoms with Gasteiger partial charge in [-0.25, -0.2) is 0 Å². The minimum absolute atomic E-state index is 0.156. The normalized spacial score (nSPS) is 14.9. The largest absolute Gasteiger partial charge is 0.391 e. The van der Waals surface area contributed by atoms with Crippen molar-refractivity contribution in [2.75, 3.05) is 12.3 Å². The molecule has 0 fully saturated rings. The van der Waals surface area contributed by atoms with Crippen LogP contribution in [0.2, 0.25) is 0 Å². The van der Waals surface area contributed by atoms with Gasteiger partial charge in [-0.2, -0.15) is 11.8 Å². The summed E-state index contributed by atoms with van der Waals surface area (Å²) in [6.07, 6.45) is 2.31. The van der Waals surface area contributed by atoms with E-state index in [9.17, 15) is 5.11 Å². The molecule has 0 saturated carbocycles. The first-order valence-corrected chi connectivity index (χ1v) is 8.57. The fourth-order valence-corrected chi connectivity index (χ4v) is 2.97. The number of benzene rings is 1. The predicted molar refractivity (Wildman–Crippen MR) is 92.6 cm³/mol. The molecule has 5 heteroatoms. The summed E-state index contributed by atoms with van der Waals surface area (Å²) in [6, 6.07) is 10.1. The van der Waals surface area contributed by atoms with Gasteiger partial charge in [0, 0.05) is 24.1 Å². The molecule has 0 radical (unpaired) electrons. The van der Waals surface area contributed by atoms with Crippen molar-refractivity contribution in [1.82, 2.24) is 0 Å². The molecule has 118 valence electrons. The summed E-state index contributed by atoms with van der Waals surface area (Å²) in [5, 5.41) is 10.0. The summed E-state index contributed by atoms with van der Waals surface area (Å²) in [5.74, 6) is 2.21. The maximum Gasteiger partial charge on any atom is 0.0905 e. The molecule has 0 bridgehead atoms. The Kier molecular flexibility index (Phi) is 9.14. The average molecular weight is 309 g/mol. The molecule has 0 aliphatic rings. The maximum atomic E-state index is 10.0. The van der Waals surface area contributed by atoms with Crippen LogP contribution in [0.3, 0.4) is 0 Å². The van der Waals surface area contributed by atoms with E-state index in [4.69, 9.17) is 11.5 Å². The van der Waals surface area contributed by atoms with Gasteiger partial charge in [-0.1, -0.05) is 30.3 Å². The van der Waals surface area contributed by atoms with Gasteiger partial charge in [-0.15, -0.1) is 0 Å². The Bertz CT molecular complexity index is 407. The fraction of sp³-hybridized carbons (Fsp3) is 0.562. The van der Waals surface area contributed by atoms with Gasteiger partial charge in [-0.05, 0) is 31.7 Å². The molecule has 0 saturated heterocycles. The fourth-order valence-electron chi connectivity index (χ4n) is 1.93. The summed E-state index contributed by atoms with van der Waals surface area (Å²) >= 11 is 1.72. The molecule has 2 atom stereocenters. The smallest absolute Gasteiger partial charge is 0.0905 e. The molecule has 1 unspecified atom stereocenters. The zero-order valence-corrected chi connectivity index (χ0v) is 13.6. The van der Waals surface area contributed by atoms with E-state index in [0.29, 0.717) is 11.6 Å². The van der Waals surface area contributed by atoms with E-state index in [2.05, 4.69) is 17.1 Å². The Hall–Kier alpha value is -1.04. The van der Waals surface area contributed by atoms with Crippen molar-refractivity contribution in [2.24, 2.45) is 16.5 Å². The lowest BCUT2D eigenvalue weighted by atomic mass is 10.1. The minimum Gasteiger partial charge on any atom is -0.391 e. The summed E-state index contributed by atoms with van der Waals surface area (Å²) in [5.41, 5.74) is 12.8. The third kappa shape index (κ3) is 8.75. The Balaban J connectivity index is 2.10. The number of rotatable bonds is 10. The zero-order chi connectivity index (χ0) is 15.5. The molecule has 1 rings (SSSR count). The van der Waals surface area contributed by atoms with E-state index in [-0.39, 0.29) is 6.04 Å². The number of amidine groups is 1. The van der Waals surface area contributed by atoms with Gasteiger partial charge < -0.3 is 16.6 Å². The lowest BCUT2D eigenvalue weighted by molar-refractivity contribution is 0.162. The van der Waals surface area contributed by atoms with E-state index in [1.54, 1.807) is 18.7 Å². The van der Waals surface area contributed by atoms with Gasteiger partial charge in [0.15, 0.2) is 0 Å². The first-order valence-electron chi connectivity index (χ1n) is 7.41. The van der Waals surface area contributed by atoms with Gasteiger partial charge in [0.1, 0.15) is 0 Å². The van der Waals surface area contributed by atoms with Crippen LogP contribution >= 0.6 is 11.8 Å². The number of aliphatic imine (C=N–C) groups is 1. The van der Waals surface area contributed by atoms with Crippen LogP contribution in [0, 0.1) is 0 Å². The molecule has 0 aliphatic heterocycles. The third-order valence-electron chi connectivity index (χ3n) is 3.20. The van der Waals surface area contributed by atoms with Gasteiger partial charge in [-0.3, -0.25) is 4.99 Å². The van der Waals surface area contributed by atoms with E-state index < -0.39 is 6.10 Å². The van der Waals surface area contributed by atoms with Crippen LogP contribution in [0.1, 0.15) is 31.7 Å². The summed E-state index contributed by atoms with van der Waals surface area (Å²) in [6.45, 7) is 2.54. The molecule has 0 aliphatic carbocycles. The van der Waals surface area contributed by atoms with Gasteiger partial charge in [0.05, 0.1) is 11.9 Å². The quantitative estimate of drug-likeness (QED) is 0.351. The molecule has 0 spiro atoms. The maximum absolute atomic E-state index is 10.0. The van der Waals surface area contributed by atoms with Crippen LogP contribution in [-0.4, -0.2) is 35.4 Å². The van der Waals surface area contributed by atoms with Crippen molar-refractivity contribution in [3.8, 4) is 0 Å². The van der Waals surface area contributed by atoms with Crippen molar-refractivity contribution in [2.45, 2.75) is 44.1 Å². The number of nitrogens with two attached hydrogens (primary N) is 2. The Morgan fingerprint density at radius 3 is 2.67 bits per heavy atom. The summed E-state index contributed by atoms with van der Waals surface area (Å²) < 4.78 is 0. The van der Waals surface area contributed by atoms with Crippen molar-refractivity contribution in [3.05, 3.63) is 35.9 Å². The van der Waals surface area contributed by atoms with Crippen LogP contribution in [0.15, 0.2) is 35.3 Å². The number of thioether (sulfide) groups is 1. The highest BCUT2D eigenvalue weighted by molar-refractivity contribution is 7.98. The first kappa shape index (κ1) is 18.0. The van der Waals surface area contributed by atoms with Crippen molar-refractivity contribution in [3.63, 3.8) is 0 Å². The SMILES string of the molecule is CC(N)=NCCCC[C@H](N)C(O)CSCc1ccccc1. The Morgan fingerprint density at radius 2 is 2.00 bits per heavy atom. The molecule has 0 aromatic heterocycles. The van der Waals surface area contributed by atoms with Crippen LogP contribution in [0.5, 0.6) is 0 Å². The van der Waals surface area contributed by atoms with Crippen LogP contribution in [0.25, 0.3) is 0 Å². The van der Waals surface area contributed by atoms with Crippen LogP contribution in [0.4, 0.5) is 0 Å². The molecule has 0 heterocycles. The number of hydrogen-bond donors (Lipinski definition) is 3. The number of aliphatic hydroxyl groups excluding tert-OH is 1. The van der Waals surface area contributed by atoms with E-state index in [1.165, 1.54) is 5.56 Å². The first-order chi connectivity index (χ1) is 10.1. The monoisotopic (exact) mass is 309 g/mol. The van der Waals surface area contributed by atoms with E-state index in [0.717, 1.165) is 31.6 Å². The minimum atomic E-state index is -0.446. The second-order valence-electron chi connectivity index (χ2n) is 5.25. The molecule has 5 N–H and O–H groups in total. The summed E-state index contributed by atoms with van der Waals surface area (Å²) in [7, 11) is 0. The molecule has 21 heavy (non-hydrogen) atoms. The van der Waals surface area contributed by atoms with Crippen molar-refractivity contribution < 1.29 is 5.11 Å². The predicted octanol–water partition coefficient (Wildman–Crippen LogP) is 2.16. The Morgan fingerprint density at radius 1 is 1.29 bits per heavy atom. The van der Waals surface area contributed by atoms with Crippen molar-refractivity contribution in [1.29, 1.82) is 0 Å². The highest BCUT2D eigenvalue weighted by atomic mass is 32.2. The number of aliphatic hydroxyl groups is 1. The van der Waals surface area contributed by atoms with E-state index >= 15 is 0 Å². The number of unbranched alkanes of at least 4 members (excludes halogenated alkanes) is 1. The average Bonchev–Trinajstić information content (AvgIpc) is 2.47. The van der Waals surface area contributed by atoms with Gasteiger partial charge in [0.25, 0.3) is 0 Å². The standard InChI is InChI=1S/C16H27N3OS/c1-13(17)19-10-6-5-9-15(18)16(20)12-21-11-14-7-3-2-4-8-14/h2-4,7-8,15-16,20H,5-6,9-12,18H2,1H3,(H2,17,19)/t15-,16?/m0/s1. The van der Waals surface area contributed by atoms with Crippen LogP contribution in [-0.2, 0) is 5.75 Å². The van der Waals surface area contributed by atoms with Crippen molar-refractivity contribution >= 4 is 17.6 Å². The van der Waals surface area contributed by atoms with Gasteiger partial charge >= 0.3 is 0 Å². The molecule has 1 aromatic rings. The molecular formula is C16H27N3OS. The van der Waals surface area contributed by atoms with Gasteiger partial charge in [0.2, 0.25) is 0 Å². The zero-order valence-electron chi connectivity index (χ0n) is 12.7. The molecular weight excluding hydrogens is 282 g/mol.